The minimum Gasteiger partial charge on any atom is -0.0616 e. The third-order valence-corrected chi connectivity index (χ3v) is 8.37. The molecule has 0 radical (unpaired) electrons. The van der Waals surface area contributed by atoms with E-state index in [9.17, 15) is 0 Å². The maximum atomic E-state index is 3.77. The fourth-order valence-corrected chi connectivity index (χ4v) is 6.54. The van der Waals surface area contributed by atoms with Crippen LogP contribution in [0.15, 0.2) is 118 Å². The summed E-state index contributed by atoms with van der Waals surface area (Å²) in [7, 11) is 0. The molecule has 0 aliphatic rings. The molecule has 0 saturated heterocycles. The van der Waals surface area contributed by atoms with Crippen molar-refractivity contribution in [2.75, 3.05) is 0 Å². The molecule has 0 unspecified atom stereocenters. The van der Waals surface area contributed by atoms with Gasteiger partial charge in [0.15, 0.2) is 0 Å². The Labute approximate surface area is 214 Å². The SMILES string of the molecule is Brc1ccccc1-c1ccc2c3cccc4c(-c5ccccc5Br)ccc(c5cccc1c52)c43. The topological polar surface area (TPSA) is 0 Å². The van der Waals surface area contributed by atoms with Crippen LogP contribution in [0.4, 0.5) is 0 Å². The Bertz CT molecular complexity index is 1720. The average Bonchev–Trinajstić information content (AvgIpc) is 2.88. The second-order valence-corrected chi connectivity index (χ2v) is 10.4. The summed E-state index contributed by atoms with van der Waals surface area (Å²) in [6.07, 6.45) is 0. The molecule has 7 aromatic carbocycles. The number of hydrogen-bond donors (Lipinski definition) is 0. The third-order valence-electron chi connectivity index (χ3n) is 6.99. The summed E-state index contributed by atoms with van der Waals surface area (Å²) in [4.78, 5) is 0. The van der Waals surface area contributed by atoms with E-state index < -0.39 is 0 Å². The van der Waals surface area contributed by atoms with Gasteiger partial charge in [-0.1, -0.05) is 129 Å². The van der Waals surface area contributed by atoms with Crippen LogP contribution in [-0.2, 0) is 0 Å². The van der Waals surface area contributed by atoms with Gasteiger partial charge in [0.1, 0.15) is 0 Å². The largest absolute Gasteiger partial charge is 0.0616 e. The molecule has 0 amide bonds. The van der Waals surface area contributed by atoms with Gasteiger partial charge in [0.05, 0.1) is 0 Å². The van der Waals surface area contributed by atoms with Gasteiger partial charge in [-0.15, -0.1) is 0 Å². The van der Waals surface area contributed by atoms with Crippen molar-refractivity contribution in [3.63, 3.8) is 0 Å². The second kappa shape index (κ2) is 7.66. The zero-order valence-corrected chi connectivity index (χ0v) is 21.3. The van der Waals surface area contributed by atoms with Gasteiger partial charge in [-0.05, 0) is 77.5 Å². The van der Waals surface area contributed by atoms with Gasteiger partial charge in [0.2, 0.25) is 0 Å². The molecular weight excluding hydrogens is 544 g/mol. The minimum atomic E-state index is 1.12. The highest BCUT2D eigenvalue weighted by Crippen LogP contribution is 2.46. The summed E-state index contributed by atoms with van der Waals surface area (Å²) in [5, 5.41) is 10.5. The maximum absolute atomic E-state index is 3.77. The molecule has 160 valence electrons. The Kier molecular flexibility index (Phi) is 4.55. The monoisotopic (exact) mass is 560 g/mol. The fourth-order valence-electron chi connectivity index (χ4n) is 5.54. The van der Waals surface area contributed by atoms with Crippen molar-refractivity contribution in [2.24, 2.45) is 0 Å². The summed E-state index contributed by atoms with van der Waals surface area (Å²) in [5.74, 6) is 0. The van der Waals surface area contributed by atoms with E-state index in [4.69, 9.17) is 0 Å². The Balaban J connectivity index is 1.65. The molecule has 0 saturated carbocycles. The highest BCUT2D eigenvalue weighted by Gasteiger charge is 2.18. The van der Waals surface area contributed by atoms with Crippen LogP contribution in [0.5, 0.6) is 0 Å². The van der Waals surface area contributed by atoms with E-state index in [0.29, 0.717) is 0 Å². The van der Waals surface area contributed by atoms with E-state index in [2.05, 4.69) is 141 Å². The maximum Gasteiger partial charge on any atom is 0.0253 e. The van der Waals surface area contributed by atoms with E-state index in [1.807, 2.05) is 0 Å². The molecule has 0 bridgehead atoms. The van der Waals surface area contributed by atoms with Crippen molar-refractivity contribution in [1.82, 2.24) is 0 Å². The number of rotatable bonds is 2. The van der Waals surface area contributed by atoms with Crippen molar-refractivity contribution >= 4 is 74.9 Å². The van der Waals surface area contributed by atoms with Gasteiger partial charge in [-0.2, -0.15) is 0 Å². The first-order valence-electron chi connectivity index (χ1n) is 11.3. The highest BCUT2D eigenvalue weighted by molar-refractivity contribution is 9.11. The van der Waals surface area contributed by atoms with Gasteiger partial charge >= 0.3 is 0 Å². The van der Waals surface area contributed by atoms with Crippen LogP contribution in [0.25, 0.3) is 65.3 Å². The van der Waals surface area contributed by atoms with Crippen molar-refractivity contribution in [1.29, 1.82) is 0 Å². The lowest BCUT2D eigenvalue weighted by atomic mass is 9.85. The second-order valence-electron chi connectivity index (χ2n) is 8.74. The smallest absolute Gasteiger partial charge is 0.0253 e. The number of halogens is 2. The Morgan fingerprint density at radius 2 is 0.676 bits per heavy atom. The third kappa shape index (κ3) is 2.82. The lowest BCUT2D eigenvalue weighted by Crippen LogP contribution is -1.91. The van der Waals surface area contributed by atoms with Crippen LogP contribution in [0.3, 0.4) is 0 Å². The lowest BCUT2D eigenvalue weighted by Gasteiger charge is -2.18. The molecular formula is C32H18Br2. The molecule has 7 rings (SSSR count). The molecule has 0 spiro atoms. The molecule has 0 N–H and O–H groups in total. The van der Waals surface area contributed by atoms with E-state index in [0.717, 1.165) is 8.95 Å². The number of fused-ring (bicyclic) bond motifs is 2. The molecule has 0 atom stereocenters. The van der Waals surface area contributed by atoms with Gasteiger partial charge in [-0.25, -0.2) is 0 Å². The highest BCUT2D eigenvalue weighted by atomic mass is 79.9. The van der Waals surface area contributed by atoms with E-state index >= 15 is 0 Å². The molecule has 0 aliphatic carbocycles. The molecule has 0 aliphatic heterocycles. The Morgan fingerprint density at radius 3 is 1.12 bits per heavy atom. The standard InChI is InChI=1S/C32H18Br2/c33-29-13-3-1-7-21(29)19-15-17-27-26-12-6-10-24-20(22-8-2-4-14-30(22)34)16-18-28(32(24)26)25-11-5-9-23(19)31(25)27/h1-18H. The number of hydrogen-bond acceptors (Lipinski definition) is 0. The van der Waals surface area contributed by atoms with Crippen molar-refractivity contribution in [2.45, 2.75) is 0 Å². The van der Waals surface area contributed by atoms with Crippen molar-refractivity contribution < 1.29 is 0 Å². The zero-order chi connectivity index (χ0) is 22.8. The molecule has 34 heavy (non-hydrogen) atoms. The minimum absolute atomic E-state index is 1.12. The van der Waals surface area contributed by atoms with E-state index in [-0.39, 0.29) is 0 Å². The van der Waals surface area contributed by atoms with Crippen LogP contribution in [-0.4, -0.2) is 0 Å². The average molecular weight is 562 g/mol. The van der Waals surface area contributed by atoms with Gasteiger partial charge in [0, 0.05) is 8.95 Å². The summed E-state index contributed by atoms with van der Waals surface area (Å²) >= 11 is 7.54. The predicted octanol–water partition coefficient (Wildman–Crippen LogP) is 10.6. The first-order valence-corrected chi connectivity index (χ1v) is 12.9. The normalized spacial score (nSPS) is 11.8. The van der Waals surface area contributed by atoms with Crippen LogP contribution >= 0.6 is 31.9 Å². The Morgan fingerprint density at radius 1 is 0.294 bits per heavy atom. The molecule has 0 fully saturated rings. The first kappa shape index (κ1) is 20.2. The van der Waals surface area contributed by atoms with Gasteiger partial charge in [0.25, 0.3) is 0 Å². The van der Waals surface area contributed by atoms with Gasteiger partial charge in [-0.3, -0.25) is 0 Å². The van der Waals surface area contributed by atoms with Crippen LogP contribution in [0, 0.1) is 0 Å². The molecule has 0 heterocycles. The van der Waals surface area contributed by atoms with E-state index in [1.54, 1.807) is 0 Å². The first-order chi connectivity index (χ1) is 16.7. The fraction of sp³-hybridized carbons (Fsp3) is 0. The van der Waals surface area contributed by atoms with Crippen molar-refractivity contribution in [3.8, 4) is 22.3 Å². The summed E-state index contributed by atoms with van der Waals surface area (Å²) in [6, 6.07) is 39.6. The zero-order valence-electron chi connectivity index (χ0n) is 18.1. The van der Waals surface area contributed by atoms with Crippen LogP contribution in [0.2, 0.25) is 0 Å². The lowest BCUT2D eigenvalue weighted by molar-refractivity contribution is 1.61. The summed E-state index contributed by atoms with van der Waals surface area (Å²) < 4.78 is 2.24. The van der Waals surface area contributed by atoms with Crippen molar-refractivity contribution in [3.05, 3.63) is 118 Å². The van der Waals surface area contributed by atoms with E-state index in [1.165, 1.54) is 65.3 Å². The van der Waals surface area contributed by atoms with Crippen LogP contribution < -0.4 is 0 Å². The molecule has 7 aromatic rings. The Hall–Kier alpha value is -3.20. The number of benzene rings is 7. The summed E-state index contributed by atoms with van der Waals surface area (Å²) in [5.41, 5.74) is 4.96. The molecule has 0 aromatic heterocycles. The van der Waals surface area contributed by atoms with Gasteiger partial charge < -0.3 is 0 Å². The van der Waals surface area contributed by atoms with Crippen LogP contribution in [0.1, 0.15) is 0 Å². The quantitative estimate of drug-likeness (QED) is 0.145. The molecule has 0 nitrogen and oxygen atoms in total. The molecule has 2 heteroatoms. The predicted molar refractivity (Wildman–Crippen MR) is 154 cm³/mol. The summed E-state index contributed by atoms with van der Waals surface area (Å²) in [6.45, 7) is 0.